The molecule has 1 nitrogen and oxygen atoms in total. The first-order chi connectivity index (χ1) is 14.8. The van der Waals surface area contributed by atoms with Crippen LogP contribution in [0.1, 0.15) is 120 Å². The molecule has 4 aliphatic carbocycles. The second-order valence-electron chi connectivity index (χ2n) is 14.1. The zero-order valence-corrected chi connectivity index (χ0v) is 22.6. The van der Waals surface area contributed by atoms with E-state index in [4.69, 9.17) is 0 Å². The lowest BCUT2D eigenvalue weighted by atomic mass is 9.43. The van der Waals surface area contributed by atoms with E-state index >= 15 is 0 Å². The molecule has 0 aromatic heterocycles. The van der Waals surface area contributed by atoms with Gasteiger partial charge in [0.2, 0.25) is 0 Å². The van der Waals surface area contributed by atoms with Gasteiger partial charge in [0.15, 0.2) is 0 Å². The van der Waals surface area contributed by atoms with Crippen molar-refractivity contribution in [3.63, 3.8) is 0 Å². The average molecular weight is 441 g/mol. The smallest absolute Gasteiger partial charge is 0.0594 e. The Hall–Kier alpha value is -0.560. The van der Waals surface area contributed by atoms with Crippen LogP contribution in [0, 0.1) is 45.3 Å². The van der Waals surface area contributed by atoms with Gasteiger partial charge in [0.05, 0.1) is 6.10 Å². The molecule has 4 rings (SSSR count). The number of fused-ring (bicyclic) bond motifs is 4. The third-order valence-electron chi connectivity index (χ3n) is 12.2. The Morgan fingerprint density at radius 3 is 2.28 bits per heavy atom. The summed E-state index contributed by atoms with van der Waals surface area (Å²) in [5, 5.41) is 10.8. The lowest BCUT2D eigenvalue weighted by molar-refractivity contribution is -0.0962. The third kappa shape index (κ3) is 3.34. The second kappa shape index (κ2) is 8.00. The number of rotatable bonds is 5. The van der Waals surface area contributed by atoms with E-state index in [0.29, 0.717) is 28.1 Å². The number of hydrogen-bond donors (Lipinski definition) is 1. The first-order valence-electron chi connectivity index (χ1n) is 13.9. The monoisotopic (exact) mass is 440 g/mol. The predicted molar refractivity (Wildman–Crippen MR) is 137 cm³/mol. The van der Waals surface area contributed by atoms with Gasteiger partial charge >= 0.3 is 0 Å². The average Bonchev–Trinajstić information content (AvgIpc) is 3.00. The maximum Gasteiger partial charge on any atom is 0.0594 e. The van der Waals surface area contributed by atoms with Gasteiger partial charge in [-0.15, -0.1) is 0 Å². The Morgan fingerprint density at radius 1 is 0.938 bits per heavy atom. The highest BCUT2D eigenvalue weighted by Gasteiger charge is 2.63. The fourth-order valence-corrected chi connectivity index (χ4v) is 9.53. The molecule has 2 fully saturated rings. The zero-order chi connectivity index (χ0) is 23.7. The summed E-state index contributed by atoms with van der Waals surface area (Å²) in [4.78, 5) is 0. The topological polar surface area (TPSA) is 20.2 Å². The molecule has 0 radical (unpaired) electrons. The molecule has 1 N–H and O–H groups in total. The summed E-state index contributed by atoms with van der Waals surface area (Å²) in [6.45, 7) is 24.1. The highest BCUT2D eigenvalue weighted by atomic mass is 16.3. The van der Waals surface area contributed by atoms with Gasteiger partial charge < -0.3 is 5.11 Å². The van der Waals surface area contributed by atoms with Crippen molar-refractivity contribution >= 4 is 0 Å². The van der Waals surface area contributed by atoms with Crippen LogP contribution in [-0.2, 0) is 0 Å². The molecule has 0 aliphatic heterocycles. The molecule has 0 aromatic rings. The summed E-state index contributed by atoms with van der Waals surface area (Å²) < 4.78 is 0. The Labute approximate surface area is 199 Å². The van der Waals surface area contributed by atoms with Gasteiger partial charge in [-0.3, -0.25) is 0 Å². The van der Waals surface area contributed by atoms with Crippen LogP contribution in [0.4, 0.5) is 0 Å². The van der Waals surface area contributed by atoms with Gasteiger partial charge in [0.25, 0.3) is 0 Å². The molecule has 2 saturated carbocycles. The minimum Gasteiger partial charge on any atom is -0.393 e. The van der Waals surface area contributed by atoms with Crippen molar-refractivity contribution < 1.29 is 5.11 Å². The molecular weight excluding hydrogens is 388 g/mol. The largest absolute Gasteiger partial charge is 0.393 e. The summed E-state index contributed by atoms with van der Waals surface area (Å²) in [5.41, 5.74) is 6.32. The van der Waals surface area contributed by atoms with Crippen LogP contribution in [0.2, 0.25) is 0 Å². The minimum atomic E-state index is -0.135. The van der Waals surface area contributed by atoms with E-state index in [9.17, 15) is 5.11 Å². The minimum absolute atomic E-state index is 0.0404. The lowest BCUT2D eigenvalue weighted by Crippen LogP contribution is -2.55. The SMILES string of the molecule is C=C(CC[C@@H](C)C1CC[C@]2(C)C3=C(CC[C@@]12C)[C@@]1(C)CC[C@H](O)C(C)(C)C1CC3)C(C)C. The quantitative estimate of drug-likeness (QED) is 0.424. The van der Waals surface area contributed by atoms with Gasteiger partial charge in [0, 0.05) is 0 Å². The Kier molecular flexibility index (Phi) is 6.14. The Morgan fingerprint density at radius 2 is 1.62 bits per heavy atom. The highest BCUT2D eigenvalue weighted by Crippen LogP contribution is 2.72. The molecule has 0 bridgehead atoms. The van der Waals surface area contributed by atoms with Crippen LogP contribution in [0.15, 0.2) is 23.3 Å². The summed E-state index contributed by atoms with van der Waals surface area (Å²) in [6.07, 6.45) is 12.6. The molecule has 4 aliphatic rings. The van der Waals surface area contributed by atoms with Crippen LogP contribution in [-0.4, -0.2) is 11.2 Å². The molecule has 0 saturated heterocycles. The van der Waals surface area contributed by atoms with Gasteiger partial charge in [-0.2, -0.15) is 0 Å². The van der Waals surface area contributed by atoms with Crippen molar-refractivity contribution in [2.24, 2.45) is 45.3 Å². The van der Waals surface area contributed by atoms with E-state index in [1.54, 1.807) is 0 Å². The molecular formula is C31H52O. The van der Waals surface area contributed by atoms with Crippen molar-refractivity contribution in [1.29, 1.82) is 0 Å². The third-order valence-corrected chi connectivity index (χ3v) is 12.2. The van der Waals surface area contributed by atoms with Crippen LogP contribution < -0.4 is 0 Å². The molecule has 7 atom stereocenters. The first-order valence-corrected chi connectivity index (χ1v) is 13.9. The normalized spacial score (nSPS) is 44.1. The van der Waals surface area contributed by atoms with E-state index in [-0.39, 0.29) is 11.5 Å². The molecule has 0 amide bonds. The van der Waals surface area contributed by atoms with Gasteiger partial charge in [-0.1, -0.05) is 78.7 Å². The first kappa shape index (κ1) is 24.6. The standard InChI is InChI=1S/C31H52O/c1-20(2)21(3)10-11-22(4)23-14-18-31(9)25-12-13-26-28(5,6)27(32)16-17-29(26,7)24(25)15-19-30(23,31)8/h20,22-23,26-27,32H,3,10-19H2,1-2,4-9H3/t22-,23?,26?,27+,29-,30+,31-/m1/s1. The van der Waals surface area contributed by atoms with E-state index < -0.39 is 0 Å². The van der Waals surface area contributed by atoms with Crippen molar-refractivity contribution in [2.75, 3.05) is 0 Å². The van der Waals surface area contributed by atoms with Crippen LogP contribution in [0.5, 0.6) is 0 Å². The van der Waals surface area contributed by atoms with E-state index in [0.717, 1.165) is 18.3 Å². The summed E-state index contributed by atoms with van der Waals surface area (Å²) >= 11 is 0. The van der Waals surface area contributed by atoms with E-state index in [1.165, 1.54) is 63.4 Å². The van der Waals surface area contributed by atoms with Crippen molar-refractivity contribution in [1.82, 2.24) is 0 Å². The number of aliphatic hydroxyl groups excluding tert-OH is 1. The second-order valence-corrected chi connectivity index (χ2v) is 14.1. The maximum atomic E-state index is 10.8. The Balaban J connectivity index is 1.62. The zero-order valence-electron chi connectivity index (χ0n) is 22.6. The predicted octanol–water partition coefficient (Wildman–Crippen LogP) is 8.73. The number of hydrogen-bond acceptors (Lipinski definition) is 1. The van der Waals surface area contributed by atoms with Gasteiger partial charge in [0.1, 0.15) is 0 Å². The summed E-state index contributed by atoms with van der Waals surface area (Å²) in [6, 6.07) is 0. The maximum absolute atomic E-state index is 10.8. The van der Waals surface area contributed by atoms with E-state index in [2.05, 4.69) is 62.0 Å². The molecule has 0 aromatic carbocycles. The molecule has 0 heterocycles. The lowest BCUT2D eigenvalue weighted by Gasteiger charge is -2.62. The molecule has 2 unspecified atom stereocenters. The molecule has 182 valence electrons. The van der Waals surface area contributed by atoms with Gasteiger partial charge in [-0.25, -0.2) is 0 Å². The van der Waals surface area contributed by atoms with E-state index in [1.807, 2.05) is 11.1 Å². The highest BCUT2D eigenvalue weighted by molar-refractivity contribution is 5.38. The number of aliphatic hydroxyl groups is 1. The summed E-state index contributed by atoms with van der Waals surface area (Å²) in [7, 11) is 0. The molecule has 32 heavy (non-hydrogen) atoms. The molecule has 0 spiro atoms. The van der Waals surface area contributed by atoms with Crippen molar-refractivity contribution in [2.45, 2.75) is 126 Å². The van der Waals surface area contributed by atoms with Crippen molar-refractivity contribution in [3.8, 4) is 0 Å². The van der Waals surface area contributed by atoms with Crippen molar-refractivity contribution in [3.05, 3.63) is 23.3 Å². The van der Waals surface area contributed by atoms with Crippen LogP contribution >= 0.6 is 0 Å². The van der Waals surface area contributed by atoms with Crippen LogP contribution in [0.25, 0.3) is 0 Å². The fraction of sp³-hybridized carbons (Fsp3) is 0.871. The van der Waals surface area contributed by atoms with Gasteiger partial charge in [-0.05, 0) is 110 Å². The molecule has 1 heteroatoms. The van der Waals surface area contributed by atoms with Crippen LogP contribution in [0.3, 0.4) is 0 Å². The fourth-order valence-electron chi connectivity index (χ4n) is 9.53. The Bertz CT molecular complexity index is 786. The summed E-state index contributed by atoms with van der Waals surface area (Å²) in [5.74, 6) is 2.87. The number of allylic oxidation sites excluding steroid dienone is 3.